The first-order chi connectivity index (χ1) is 11.9. The van der Waals surface area contributed by atoms with Gasteiger partial charge in [-0.25, -0.2) is 9.97 Å². The number of fused-ring (bicyclic) bond motifs is 1. The largest absolute Gasteiger partial charge is 0.397 e. The van der Waals surface area contributed by atoms with Crippen LogP contribution in [0.2, 0.25) is 10.0 Å². The summed E-state index contributed by atoms with van der Waals surface area (Å²) in [4.78, 5) is 22.2. The quantitative estimate of drug-likeness (QED) is 0.608. The SMILES string of the molecule is CC(=O)c1sc2nc(NC3CC3)nc(-c3ccc(Cl)cc3Cl)c2c1N. The Morgan fingerprint density at radius 3 is 2.72 bits per heavy atom. The highest BCUT2D eigenvalue weighted by Gasteiger charge is 2.25. The molecule has 1 aliphatic rings. The molecular formula is C17H14Cl2N4OS. The molecule has 128 valence electrons. The maximum Gasteiger partial charge on any atom is 0.224 e. The lowest BCUT2D eigenvalue weighted by molar-refractivity contribution is 0.102. The first kappa shape index (κ1) is 16.6. The third kappa shape index (κ3) is 3.05. The Morgan fingerprint density at radius 2 is 2.08 bits per heavy atom. The Bertz CT molecular complexity index is 1010. The van der Waals surface area contributed by atoms with Crippen LogP contribution in [0.5, 0.6) is 0 Å². The summed E-state index contributed by atoms with van der Waals surface area (Å²) < 4.78 is 0. The number of thiophene rings is 1. The highest BCUT2D eigenvalue weighted by molar-refractivity contribution is 7.21. The summed E-state index contributed by atoms with van der Waals surface area (Å²) in [7, 11) is 0. The summed E-state index contributed by atoms with van der Waals surface area (Å²) >= 11 is 13.7. The van der Waals surface area contributed by atoms with E-state index in [1.54, 1.807) is 18.2 Å². The van der Waals surface area contributed by atoms with Gasteiger partial charge in [0.15, 0.2) is 5.78 Å². The fourth-order valence-electron chi connectivity index (χ4n) is 2.63. The molecule has 1 aromatic carbocycles. The van der Waals surface area contributed by atoms with Crippen molar-refractivity contribution in [2.75, 3.05) is 11.1 Å². The number of Topliss-reactive ketones (excluding diaryl/α,β-unsaturated/α-hetero) is 1. The van der Waals surface area contributed by atoms with Gasteiger partial charge in [0.25, 0.3) is 0 Å². The van der Waals surface area contributed by atoms with E-state index in [2.05, 4.69) is 15.3 Å². The molecule has 8 heteroatoms. The maximum absolute atomic E-state index is 11.9. The minimum absolute atomic E-state index is 0.0923. The summed E-state index contributed by atoms with van der Waals surface area (Å²) in [6.07, 6.45) is 2.20. The van der Waals surface area contributed by atoms with Crippen LogP contribution in [0.25, 0.3) is 21.5 Å². The predicted octanol–water partition coefficient (Wildman–Crippen LogP) is 5.02. The lowest BCUT2D eigenvalue weighted by Crippen LogP contribution is -2.06. The van der Waals surface area contributed by atoms with E-state index in [0.717, 1.165) is 12.8 Å². The number of aromatic nitrogens is 2. The zero-order valence-corrected chi connectivity index (χ0v) is 15.6. The number of rotatable bonds is 4. The van der Waals surface area contributed by atoms with Crippen LogP contribution in [-0.4, -0.2) is 21.8 Å². The molecule has 0 unspecified atom stereocenters. The Hall–Kier alpha value is -1.89. The van der Waals surface area contributed by atoms with Crippen LogP contribution in [0.1, 0.15) is 29.4 Å². The number of carbonyl (C=O) groups is 1. The molecule has 25 heavy (non-hydrogen) atoms. The zero-order chi connectivity index (χ0) is 17.7. The van der Waals surface area contributed by atoms with Crippen molar-refractivity contribution < 1.29 is 4.79 Å². The number of halogens is 2. The fourth-order valence-corrected chi connectivity index (χ4v) is 4.12. The van der Waals surface area contributed by atoms with Crippen molar-refractivity contribution in [3.63, 3.8) is 0 Å². The normalized spacial score (nSPS) is 14.0. The van der Waals surface area contributed by atoms with Gasteiger partial charge in [-0.2, -0.15) is 0 Å². The highest BCUT2D eigenvalue weighted by Crippen LogP contribution is 2.41. The molecule has 0 saturated heterocycles. The van der Waals surface area contributed by atoms with Crippen LogP contribution in [0.4, 0.5) is 11.6 Å². The standard InChI is InChI=1S/C17H14Cl2N4OS/c1-7(24)15-13(20)12-14(10-5-2-8(18)6-11(10)19)22-17(21-9-3-4-9)23-16(12)25-15/h2,5-6,9H,3-4,20H2,1H3,(H,21,22,23). The maximum atomic E-state index is 11.9. The van der Waals surface area contributed by atoms with Crippen LogP contribution in [0, 0.1) is 0 Å². The zero-order valence-electron chi connectivity index (χ0n) is 13.3. The van der Waals surface area contributed by atoms with Crippen molar-refractivity contribution >= 4 is 62.2 Å². The molecule has 1 aliphatic carbocycles. The summed E-state index contributed by atoms with van der Waals surface area (Å²) in [5.74, 6) is 0.428. The minimum Gasteiger partial charge on any atom is -0.397 e. The molecule has 3 N–H and O–H groups in total. The lowest BCUT2D eigenvalue weighted by Gasteiger charge is -2.10. The van der Waals surface area contributed by atoms with Crippen molar-refractivity contribution in [3.05, 3.63) is 33.1 Å². The monoisotopic (exact) mass is 392 g/mol. The summed E-state index contributed by atoms with van der Waals surface area (Å²) in [6.45, 7) is 1.49. The van der Waals surface area contributed by atoms with Crippen LogP contribution in [0.15, 0.2) is 18.2 Å². The molecule has 1 saturated carbocycles. The van der Waals surface area contributed by atoms with Gasteiger partial charge in [-0.15, -0.1) is 11.3 Å². The Kier molecular flexibility index (Phi) is 4.06. The Morgan fingerprint density at radius 1 is 1.32 bits per heavy atom. The molecule has 0 aliphatic heterocycles. The fraction of sp³-hybridized carbons (Fsp3) is 0.235. The number of hydrogen-bond donors (Lipinski definition) is 2. The van der Waals surface area contributed by atoms with Gasteiger partial charge in [0.05, 0.1) is 26.7 Å². The van der Waals surface area contributed by atoms with Crippen molar-refractivity contribution in [1.29, 1.82) is 0 Å². The molecule has 0 bridgehead atoms. The number of nitrogens with one attached hydrogen (secondary N) is 1. The summed E-state index contributed by atoms with van der Waals surface area (Å²) in [6, 6.07) is 5.61. The van der Waals surface area contributed by atoms with Gasteiger partial charge in [0.2, 0.25) is 5.95 Å². The van der Waals surface area contributed by atoms with Gasteiger partial charge in [0, 0.05) is 23.6 Å². The first-order valence-electron chi connectivity index (χ1n) is 7.77. The Balaban J connectivity index is 2.00. The second-order valence-electron chi connectivity index (χ2n) is 6.02. The van der Waals surface area contributed by atoms with Gasteiger partial charge >= 0.3 is 0 Å². The van der Waals surface area contributed by atoms with Gasteiger partial charge < -0.3 is 11.1 Å². The molecule has 0 atom stereocenters. The third-order valence-corrected chi connectivity index (χ3v) is 5.75. The van der Waals surface area contributed by atoms with E-state index in [1.165, 1.54) is 18.3 Å². The molecule has 2 aromatic heterocycles. The van der Waals surface area contributed by atoms with Crippen LogP contribution in [0.3, 0.4) is 0 Å². The van der Waals surface area contributed by atoms with E-state index in [1.807, 2.05) is 0 Å². The van der Waals surface area contributed by atoms with Crippen molar-refractivity contribution in [2.45, 2.75) is 25.8 Å². The van der Waals surface area contributed by atoms with E-state index in [4.69, 9.17) is 28.9 Å². The average Bonchev–Trinajstić information content (AvgIpc) is 3.28. The first-order valence-corrected chi connectivity index (χ1v) is 9.34. The molecule has 2 heterocycles. The number of benzene rings is 1. The van der Waals surface area contributed by atoms with Crippen molar-refractivity contribution in [1.82, 2.24) is 9.97 Å². The number of hydrogen-bond acceptors (Lipinski definition) is 6. The molecule has 3 aromatic rings. The topological polar surface area (TPSA) is 80.9 Å². The molecule has 5 nitrogen and oxygen atoms in total. The van der Waals surface area contributed by atoms with E-state index >= 15 is 0 Å². The van der Waals surface area contributed by atoms with Gasteiger partial charge in [-0.1, -0.05) is 23.2 Å². The minimum atomic E-state index is -0.0923. The number of anilines is 2. The van der Waals surface area contributed by atoms with Crippen molar-refractivity contribution in [3.8, 4) is 11.3 Å². The molecule has 4 rings (SSSR count). The van der Waals surface area contributed by atoms with Gasteiger partial charge in [-0.05, 0) is 31.0 Å². The predicted molar refractivity (Wildman–Crippen MR) is 104 cm³/mol. The number of nitrogens with zero attached hydrogens (tertiary/aromatic N) is 2. The third-order valence-electron chi connectivity index (χ3n) is 4.01. The highest BCUT2D eigenvalue weighted by atomic mass is 35.5. The number of nitrogens with two attached hydrogens (primary N) is 1. The number of carbonyl (C=O) groups excluding carboxylic acids is 1. The molecule has 0 amide bonds. The lowest BCUT2D eigenvalue weighted by atomic mass is 10.1. The second-order valence-corrected chi connectivity index (χ2v) is 7.86. The average molecular weight is 393 g/mol. The van der Waals surface area contributed by atoms with Crippen LogP contribution >= 0.6 is 34.5 Å². The smallest absolute Gasteiger partial charge is 0.224 e. The Labute approximate surface area is 158 Å². The molecule has 0 spiro atoms. The van der Waals surface area contributed by atoms with Crippen LogP contribution in [-0.2, 0) is 0 Å². The van der Waals surface area contributed by atoms with E-state index in [9.17, 15) is 4.79 Å². The summed E-state index contributed by atoms with van der Waals surface area (Å²) in [5, 5.41) is 4.96. The van der Waals surface area contributed by atoms with Crippen LogP contribution < -0.4 is 11.1 Å². The van der Waals surface area contributed by atoms with E-state index in [-0.39, 0.29) is 5.78 Å². The summed E-state index contributed by atoms with van der Waals surface area (Å²) in [5.41, 5.74) is 7.95. The number of ketones is 1. The van der Waals surface area contributed by atoms with E-state index < -0.39 is 0 Å². The molecule has 0 radical (unpaired) electrons. The van der Waals surface area contributed by atoms with E-state index in [0.29, 0.717) is 54.1 Å². The van der Waals surface area contributed by atoms with Crippen molar-refractivity contribution in [2.24, 2.45) is 0 Å². The van der Waals surface area contributed by atoms with Gasteiger partial charge in [0.1, 0.15) is 4.83 Å². The number of nitrogen functional groups attached to an aromatic ring is 1. The van der Waals surface area contributed by atoms with Gasteiger partial charge in [-0.3, -0.25) is 4.79 Å². The second kappa shape index (κ2) is 6.12. The molecule has 1 fully saturated rings. The molecular weight excluding hydrogens is 379 g/mol.